The standard InChI is InChI=1S/C11H17N3O2S/c1-8-5-13-6-10(12)11(8)14-4-3-9(7-14)17(2,15)16/h5-6,9H,3-4,7,12H2,1-2H3. The van der Waals surface area contributed by atoms with Crippen LogP contribution >= 0.6 is 0 Å². The van der Waals surface area contributed by atoms with E-state index in [1.807, 2.05) is 11.8 Å². The predicted molar refractivity (Wildman–Crippen MR) is 68.8 cm³/mol. The molecule has 0 saturated carbocycles. The number of nitrogen functional groups attached to an aromatic ring is 1. The van der Waals surface area contributed by atoms with Gasteiger partial charge in [-0.1, -0.05) is 0 Å². The van der Waals surface area contributed by atoms with Crippen LogP contribution in [0.1, 0.15) is 12.0 Å². The molecule has 17 heavy (non-hydrogen) atoms. The molecule has 6 heteroatoms. The molecule has 0 spiro atoms. The number of nitrogens with two attached hydrogens (primary N) is 1. The molecule has 2 rings (SSSR count). The highest BCUT2D eigenvalue weighted by Gasteiger charge is 2.31. The lowest BCUT2D eigenvalue weighted by Gasteiger charge is -2.22. The number of rotatable bonds is 2. The highest BCUT2D eigenvalue weighted by Crippen LogP contribution is 2.30. The van der Waals surface area contributed by atoms with Gasteiger partial charge in [-0.3, -0.25) is 4.98 Å². The number of nitrogens with zero attached hydrogens (tertiary/aromatic N) is 2. The third-order valence-electron chi connectivity index (χ3n) is 3.20. The van der Waals surface area contributed by atoms with Crippen LogP contribution in [0, 0.1) is 6.92 Å². The number of hydrogen-bond donors (Lipinski definition) is 1. The Kier molecular flexibility index (Phi) is 2.99. The molecule has 1 saturated heterocycles. The van der Waals surface area contributed by atoms with Crippen molar-refractivity contribution in [2.75, 3.05) is 30.0 Å². The van der Waals surface area contributed by atoms with E-state index in [1.54, 1.807) is 12.4 Å². The van der Waals surface area contributed by atoms with E-state index in [-0.39, 0.29) is 5.25 Å². The highest BCUT2D eigenvalue weighted by molar-refractivity contribution is 7.91. The van der Waals surface area contributed by atoms with Gasteiger partial charge < -0.3 is 10.6 Å². The maximum Gasteiger partial charge on any atom is 0.152 e. The van der Waals surface area contributed by atoms with Crippen LogP contribution in [0.3, 0.4) is 0 Å². The van der Waals surface area contributed by atoms with Gasteiger partial charge in [-0.2, -0.15) is 0 Å². The molecule has 94 valence electrons. The van der Waals surface area contributed by atoms with Crippen LogP contribution in [0.5, 0.6) is 0 Å². The first-order valence-corrected chi connectivity index (χ1v) is 7.49. The van der Waals surface area contributed by atoms with Crippen LogP contribution in [0.15, 0.2) is 12.4 Å². The summed E-state index contributed by atoms with van der Waals surface area (Å²) < 4.78 is 23.0. The van der Waals surface area contributed by atoms with Crippen molar-refractivity contribution in [3.05, 3.63) is 18.0 Å². The number of aryl methyl sites for hydroxylation is 1. The van der Waals surface area contributed by atoms with Crippen LogP contribution in [-0.2, 0) is 9.84 Å². The Morgan fingerprint density at radius 2 is 2.18 bits per heavy atom. The zero-order chi connectivity index (χ0) is 12.6. The van der Waals surface area contributed by atoms with Gasteiger partial charge in [-0.05, 0) is 18.9 Å². The summed E-state index contributed by atoms with van der Waals surface area (Å²) in [6.45, 7) is 3.19. The van der Waals surface area contributed by atoms with Crippen molar-refractivity contribution in [3.63, 3.8) is 0 Å². The Morgan fingerprint density at radius 1 is 1.47 bits per heavy atom. The predicted octanol–water partition coefficient (Wildman–Crippen LogP) is 0.596. The lowest BCUT2D eigenvalue weighted by Crippen LogP contribution is -2.27. The van der Waals surface area contributed by atoms with E-state index in [2.05, 4.69) is 4.98 Å². The lowest BCUT2D eigenvalue weighted by atomic mass is 10.2. The maximum absolute atomic E-state index is 11.5. The smallest absolute Gasteiger partial charge is 0.152 e. The summed E-state index contributed by atoms with van der Waals surface area (Å²) in [6.07, 6.45) is 5.32. The SMILES string of the molecule is Cc1cncc(N)c1N1CCC(S(C)(=O)=O)C1. The number of pyridine rings is 1. The monoisotopic (exact) mass is 255 g/mol. The van der Waals surface area contributed by atoms with Crippen LogP contribution in [0.25, 0.3) is 0 Å². The third kappa shape index (κ3) is 2.36. The van der Waals surface area contributed by atoms with Gasteiger partial charge in [-0.25, -0.2) is 8.42 Å². The van der Waals surface area contributed by atoms with Crippen molar-refractivity contribution in [2.24, 2.45) is 0 Å². The van der Waals surface area contributed by atoms with Gasteiger partial charge in [0.05, 0.1) is 22.8 Å². The molecule has 1 atom stereocenters. The van der Waals surface area contributed by atoms with E-state index in [0.29, 0.717) is 18.7 Å². The van der Waals surface area contributed by atoms with Gasteiger partial charge in [0.25, 0.3) is 0 Å². The van der Waals surface area contributed by atoms with Gasteiger partial charge >= 0.3 is 0 Å². The summed E-state index contributed by atoms with van der Waals surface area (Å²) in [7, 11) is -2.97. The summed E-state index contributed by atoms with van der Waals surface area (Å²) >= 11 is 0. The third-order valence-corrected chi connectivity index (χ3v) is 4.79. The minimum absolute atomic E-state index is 0.283. The van der Waals surface area contributed by atoms with Crippen molar-refractivity contribution in [2.45, 2.75) is 18.6 Å². The second-order valence-electron chi connectivity index (χ2n) is 4.58. The minimum atomic E-state index is -2.97. The molecule has 0 radical (unpaired) electrons. The molecule has 0 bridgehead atoms. The molecule has 0 amide bonds. The molecular weight excluding hydrogens is 238 g/mol. The first kappa shape index (κ1) is 12.2. The van der Waals surface area contributed by atoms with Crippen molar-refractivity contribution < 1.29 is 8.42 Å². The zero-order valence-corrected chi connectivity index (χ0v) is 10.9. The Labute approximate surface area is 102 Å². The number of hydrogen-bond acceptors (Lipinski definition) is 5. The van der Waals surface area contributed by atoms with E-state index >= 15 is 0 Å². The lowest BCUT2D eigenvalue weighted by molar-refractivity contribution is 0.589. The molecule has 1 aliphatic rings. The van der Waals surface area contributed by atoms with Gasteiger partial charge in [0.15, 0.2) is 9.84 Å². The zero-order valence-electron chi connectivity index (χ0n) is 10.0. The minimum Gasteiger partial charge on any atom is -0.396 e. The van der Waals surface area contributed by atoms with Gasteiger partial charge in [-0.15, -0.1) is 0 Å². The average molecular weight is 255 g/mol. The van der Waals surface area contributed by atoms with Crippen molar-refractivity contribution in [1.82, 2.24) is 4.98 Å². The molecule has 0 aliphatic carbocycles. The largest absolute Gasteiger partial charge is 0.396 e. The molecule has 1 fully saturated rings. The van der Waals surface area contributed by atoms with Crippen molar-refractivity contribution in [3.8, 4) is 0 Å². The van der Waals surface area contributed by atoms with E-state index in [4.69, 9.17) is 5.73 Å². The number of aromatic nitrogens is 1. The number of anilines is 2. The van der Waals surface area contributed by atoms with Crippen LogP contribution < -0.4 is 10.6 Å². The summed E-state index contributed by atoms with van der Waals surface area (Å²) in [5.41, 5.74) is 8.42. The summed E-state index contributed by atoms with van der Waals surface area (Å²) in [4.78, 5) is 6.05. The van der Waals surface area contributed by atoms with Crippen LogP contribution in [-0.4, -0.2) is 38.0 Å². The number of sulfone groups is 1. The van der Waals surface area contributed by atoms with E-state index in [1.165, 1.54) is 6.26 Å². The normalized spacial score (nSPS) is 20.8. The Bertz CT molecular complexity index is 507. The molecule has 1 unspecified atom stereocenters. The molecule has 5 nitrogen and oxygen atoms in total. The summed E-state index contributed by atoms with van der Waals surface area (Å²) in [5.74, 6) is 0. The van der Waals surface area contributed by atoms with E-state index in [9.17, 15) is 8.42 Å². The van der Waals surface area contributed by atoms with E-state index in [0.717, 1.165) is 17.8 Å². The Balaban J connectivity index is 2.27. The molecule has 1 aromatic heterocycles. The first-order chi connectivity index (χ1) is 7.89. The molecule has 0 aromatic carbocycles. The fourth-order valence-corrected chi connectivity index (χ4v) is 3.28. The first-order valence-electron chi connectivity index (χ1n) is 5.53. The Morgan fingerprint density at radius 3 is 2.71 bits per heavy atom. The van der Waals surface area contributed by atoms with Crippen LogP contribution in [0.4, 0.5) is 11.4 Å². The van der Waals surface area contributed by atoms with Gasteiger partial charge in [0.2, 0.25) is 0 Å². The molecular formula is C11H17N3O2S. The van der Waals surface area contributed by atoms with Crippen molar-refractivity contribution >= 4 is 21.2 Å². The average Bonchev–Trinajstić information content (AvgIpc) is 2.65. The van der Waals surface area contributed by atoms with Gasteiger partial charge in [0.1, 0.15) is 0 Å². The van der Waals surface area contributed by atoms with Crippen LogP contribution in [0.2, 0.25) is 0 Å². The van der Waals surface area contributed by atoms with E-state index < -0.39 is 9.84 Å². The molecule has 2 N–H and O–H groups in total. The topological polar surface area (TPSA) is 76.3 Å². The second kappa shape index (κ2) is 4.18. The maximum atomic E-state index is 11.5. The summed E-state index contributed by atoms with van der Waals surface area (Å²) in [5, 5.41) is -0.283. The molecule has 1 aromatic rings. The second-order valence-corrected chi connectivity index (χ2v) is 6.91. The van der Waals surface area contributed by atoms with Crippen molar-refractivity contribution in [1.29, 1.82) is 0 Å². The summed E-state index contributed by atoms with van der Waals surface area (Å²) in [6, 6.07) is 0. The fourth-order valence-electron chi connectivity index (χ4n) is 2.29. The highest BCUT2D eigenvalue weighted by atomic mass is 32.2. The van der Waals surface area contributed by atoms with Gasteiger partial charge in [0, 0.05) is 25.5 Å². The quantitative estimate of drug-likeness (QED) is 0.837. The Hall–Kier alpha value is -1.30. The molecule has 2 heterocycles. The molecule has 1 aliphatic heterocycles. The fraction of sp³-hybridized carbons (Fsp3) is 0.545.